The zero-order chi connectivity index (χ0) is 20.9. The quantitative estimate of drug-likeness (QED) is 0.602. The van der Waals surface area contributed by atoms with E-state index in [4.69, 9.17) is 0 Å². The van der Waals surface area contributed by atoms with Gasteiger partial charge in [0.2, 0.25) is 11.8 Å². The number of hydrogen-bond donors (Lipinski definition) is 3. The van der Waals surface area contributed by atoms with Gasteiger partial charge in [-0.05, 0) is 18.1 Å². The highest BCUT2D eigenvalue weighted by Gasteiger charge is 2.53. The van der Waals surface area contributed by atoms with Gasteiger partial charge in [-0.1, -0.05) is 60.7 Å². The van der Waals surface area contributed by atoms with Crippen LogP contribution in [0.15, 0.2) is 60.7 Å². The van der Waals surface area contributed by atoms with Gasteiger partial charge >= 0.3 is 6.03 Å². The lowest BCUT2D eigenvalue weighted by atomic mass is 9.82. The highest BCUT2D eigenvalue weighted by molar-refractivity contribution is 6.11. The lowest BCUT2D eigenvalue weighted by molar-refractivity contribution is -0.134. The fraction of sp³-hybridized carbons (Fsp3) is 0.238. The van der Waals surface area contributed by atoms with E-state index in [-0.39, 0.29) is 12.5 Å². The zero-order valence-corrected chi connectivity index (χ0v) is 16.0. The zero-order valence-electron chi connectivity index (χ0n) is 16.0. The number of rotatable bonds is 7. The summed E-state index contributed by atoms with van der Waals surface area (Å²) in [7, 11) is 0. The molecule has 3 rings (SSSR count). The molecule has 1 aliphatic rings. The first-order valence-corrected chi connectivity index (χ1v) is 9.27. The molecule has 0 spiro atoms. The molecule has 2 aromatic rings. The second-order valence-corrected chi connectivity index (χ2v) is 6.53. The first-order valence-electron chi connectivity index (χ1n) is 9.27. The highest BCUT2D eigenvalue weighted by Crippen LogP contribution is 2.35. The SMILES string of the molecule is CCNC(=O)CNC(=O)CN1C(=O)NC(c2ccccc2)(c2ccccc2)C1=O. The molecule has 0 aromatic heterocycles. The minimum atomic E-state index is -1.42. The summed E-state index contributed by atoms with van der Waals surface area (Å²) < 4.78 is 0. The second-order valence-electron chi connectivity index (χ2n) is 6.53. The van der Waals surface area contributed by atoms with Crippen molar-refractivity contribution in [1.29, 1.82) is 0 Å². The molecular formula is C21H22N4O4. The molecule has 0 atom stereocenters. The Morgan fingerprint density at radius 3 is 1.97 bits per heavy atom. The lowest BCUT2D eigenvalue weighted by Gasteiger charge is -2.27. The van der Waals surface area contributed by atoms with Crippen LogP contribution in [0.2, 0.25) is 0 Å². The highest BCUT2D eigenvalue weighted by atomic mass is 16.2. The Hall–Kier alpha value is -3.68. The molecule has 8 nitrogen and oxygen atoms in total. The van der Waals surface area contributed by atoms with Crippen molar-refractivity contribution in [3.05, 3.63) is 71.8 Å². The number of imide groups is 1. The summed E-state index contributed by atoms with van der Waals surface area (Å²) in [6.45, 7) is 1.50. The Balaban J connectivity index is 1.86. The number of benzene rings is 2. The van der Waals surface area contributed by atoms with Crippen molar-refractivity contribution in [3.63, 3.8) is 0 Å². The number of carbonyl (C=O) groups excluding carboxylic acids is 4. The minimum Gasteiger partial charge on any atom is -0.355 e. The van der Waals surface area contributed by atoms with E-state index in [1.165, 1.54) is 0 Å². The predicted octanol–water partition coefficient (Wildman–Crippen LogP) is 0.734. The average molecular weight is 394 g/mol. The van der Waals surface area contributed by atoms with Gasteiger partial charge in [-0.25, -0.2) is 4.79 Å². The number of nitrogens with one attached hydrogen (secondary N) is 3. The van der Waals surface area contributed by atoms with E-state index >= 15 is 0 Å². The van der Waals surface area contributed by atoms with Crippen molar-refractivity contribution in [3.8, 4) is 0 Å². The first kappa shape index (κ1) is 20.1. The molecule has 0 saturated carbocycles. The van der Waals surface area contributed by atoms with E-state index in [0.29, 0.717) is 17.7 Å². The maximum absolute atomic E-state index is 13.4. The summed E-state index contributed by atoms with van der Waals surface area (Å²) in [6, 6.07) is 17.1. The maximum atomic E-state index is 13.4. The molecule has 1 heterocycles. The van der Waals surface area contributed by atoms with E-state index in [2.05, 4.69) is 16.0 Å². The van der Waals surface area contributed by atoms with Gasteiger partial charge in [-0.2, -0.15) is 0 Å². The van der Waals surface area contributed by atoms with E-state index in [9.17, 15) is 19.2 Å². The summed E-state index contributed by atoms with van der Waals surface area (Å²) >= 11 is 0. The third-order valence-electron chi connectivity index (χ3n) is 4.64. The Bertz CT molecular complexity index is 875. The lowest BCUT2D eigenvalue weighted by Crippen LogP contribution is -2.46. The second kappa shape index (κ2) is 8.55. The third kappa shape index (κ3) is 3.96. The molecule has 150 valence electrons. The number of likely N-dealkylation sites (N-methyl/N-ethyl adjacent to an activating group) is 1. The number of nitrogens with zero attached hydrogens (tertiary/aromatic N) is 1. The van der Waals surface area contributed by atoms with Gasteiger partial charge in [-0.15, -0.1) is 0 Å². The maximum Gasteiger partial charge on any atom is 0.326 e. The van der Waals surface area contributed by atoms with Crippen LogP contribution >= 0.6 is 0 Å². The van der Waals surface area contributed by atoms with E-state index in [1.807, 2.05) is 12.1 Å². The van der Waals surface area contributed by atoms with Crippen LogP contribution in [0.3, 0.4) is 0 Å². The van der Waals surface area contributed by atoms with Crippen molar-refractivity contribution >= 4 is 23.8 Å². The van der Waals surface area contributed by atoms with Gasteiger partial charge in [0.25, 0.3) is 5.91 Å². The minimum absolute atomic E-state index is 0.223. The summed E-state index contributed by atoms with van der Waals surface area (Å²) in [5.74, 6) is -1.49. The van der Waals surface area contributed by atoms with Crippen molar-refractivity contribution in [1.82, 2.24) is 20.9 Å². The Kier molecular flexibility index (Phi) is 5.92. The summed E-state index contributed by atoms with van der Waals surface area (Å²) in [5.41, 5.74) is -0.232. The van der Waals surface area contributed by atoms with Crippen LogP contribution in [0, 0.1) is 0 Å². The smallest absolute Gasteiger partial charge is 0.326 e. The Morgan fingerprint density at radius 2 is 1.45 bits per heavy atom. The topological polar surface area (TPSA) is 108 Å². The fourth-order valence-electron chi connectivity index (χ4n) is 3.29. The van der Waals surface area contributed by atoms with Crippen LogP contribution in [0.1, 0.15) is 18.1 Å². The molecule has 3 N–H and O–H groups in total. The number of urea groups is 1. The summed E-state index contributed by atoms with van der Waals surface area (Å²) in [6.07, 6.45) is 0. The molecule has 5 amide bonds. The molecule has 0 unspecified atom stereocenters. The molecule has 1 fully saturated rings. The van der Waals surface area contributed by atoms with Crippen LogP contribution in [0.4, 0.5) is 4.79 Å². The number of carbonyl (C=O) groups is 4. The van der Waals surface area contributed by atoms with Gasteiger partial charge in [0, 0.05) is 6.54 Å². The van der Waals surface area contributed by atoms with Crippen molar-refractivity contribution in [2.24, 2.45) is 0 Å². The van der Waals surface area contributed by atoms with Crippen LogP contribution in [-0.2, 0) is 19.9 Å². The molecule has 29 heavy (non-hydrogen) atoms. The molecule has 0 aliphatic carbocycles. The fourth-order valence-corrected chi connectivity index (χ4v) is 3.29. The molecule has 0 radical (unpaired) electrons. The third-order valence-corrected chi connectivity index (χ3v) is 4.64. The van der Waals surface area contributed by atoms with Crippen LogP contribution in [0.5, 0.6) is 0 Å². The average Bonchev–Trinajstić information content (AvgIpc) is 2.99. The molecule has 1 saturated heterocycles. The Morgan fingerprint density at radius 1 is 0.897 bits per heavy atom. The van der Waals surface area contributed by atoms with Gasteiger partial charge < -0.3 is 16.0 Å². The van der Waals surface area contributed by atoms with Crippen LogP contribution in [0.25, 0.3) is 0 Å². The summed E-state index contributed by atoms with van der Waals surface area (Å²) in [5, 5.41) is 7.74. The first-order chi connectivity index (χ1) is 14.0. The van der Waals surface area contributed by atoms with E-state index < -0.39 is 29.9 Å². The standard InChI is InChI=1S/C21H22N4O4/c1-2-22-17(26)13-23-18(27)14-25-19(28)21(24-20(25)29,15-9-5-3-6-10-15)16-11-7-4-8-12-16/h3-12H,2,13-14H2,1H3,(H,22,26)(H,23,27)(H,24,29). The van der Waals surface area contributed by atoms with Crippen molar-refractivity contribution < 1.29 is 19.2 Å². The molecule has 1 aliphatic heterocycles. The number of hydrogen-bond acceptors (Lipinski definition) is 4. The molecule has 0 bridgehead atoms. The predicted molar refractivity (Wildman–Crippen MR) is 106 cm³/mol. The van der Waals surface area contributed by atoms with E-state index in [1.54, 1.807) is 55.5 Å². The van der Waals surface area contributed by atoms with Gasteiger partial charge in [0.1, 0.15) is 6.54 Å². The van der Waals surface area contributed by atoms with Gasteiger partial charge in [0.15, 0.2) is 5.54 Å². The monoisotopic (exact) mass is 394 g/mol. The largest absolute Gasteiger partial charge is 0.355 e. The van der Waals surface area contributed by atoms with Crippen LogP contribution < -0.4 is 16.0 Å². The molecular weight excluding hydrogens is 372 g/mol. The molecule has 2 aromatic carbocycles. The Labute approximate surface area is 168 Å². The number of amides is 5. The van der Waals surface area contributed by atoms with E-state index in [0.717, 1.165) is 4.90 Å². The van der Waals surface area contributed by atoms with Crippen molar-refractivity contribution in [2.45, 2.75) is 12.5 Å². The van der Waals surface area contributed by atoms with Gasteiger partial charge in [-0.3, -0.25) is 19.3 Å². The normalized spacial score (nSPS) is 15.0. The van der Waals surface area contributed by atoms with Gasteiger partial charge in [0.05, 0.1) is 6.54 Å². The van der Waals surface area contributed by atoms with Crippen LogP contribution in [-0.4, -0.2) is 48.3 Å². The van der Waals surface area contributed by atoms with Crippen molar-refractivity contribution in [2.75, 3.05) is 19.6 Å². The summed E-state index contributed by atoms with van der Waals surface area (Å²) in [4.78, 5) is 50.6. The molecule has 8 heteroatoms.